The Balaban J connectivity index is 0.00000161. The highest BCUT2D eigenvalue weighted by Crippen LogP contribution is 2.17. The summed E-state index contributed by atoms with van der Waals surface area (Å²) in [6.07, 6.45) is 1.76. The van der Waals surface area contributed by atoms with E-state index in [2.05, 4.69) is 30.5 Å². The molecule has 112 valence electrons. The van der Waals surface area contributed by atoms with Crippen LogP contribution in [0.1, 0.15) is 5.69 Å². The Morgan fingerprint density at radius 1 is 1.14 bits per heavy atom. The Morgan fingerprint density at radius 3 is 2.67 bits per heavy atom. The van der Waals surface area contributed by atoms with E-state index >= 15 is 0 Å². The van der Waals surface area contributed by atoms with Gasteiger partial charge in [-0.2, -0.15) is 4.98 Å². The summed E-state index contributed by atoms with van der Waals surface area (Å²) in [4.78, 5) is 15.6. The fraction of sp³-hybridized carbons (Fsp3) is 0.357. The number of nitrogens with one attached hydrogen (secondary N) is 2. The molecule has 2 aromatic heterocycles. The molecule has 0 saturated carbocycles. The largest absolute Gasteiger partial charge is 0.338 e. The van der Waals surface area contributed by atoms with E-state index in [1.807, 2.05) is 31.2 Å². The number of nitrogens with zero attached hydrogens (tertiary/aromatic N) is 4. The molecule has 0 unspecified atom stereocenters. The van der Waals surface area contributed by atoms with Crippen LogP contribution in [-0.4, -0.2) is 41.1 Å². The summed E-state index contributed by atoms with van der Waals surface area (Å²) in [5.74, 6) is 2.35. The highest BCUT2D eigenvalue weighted by Gasteiger charge is 2.14. The zero-order valence-corrected chi connectivity index (χ0v) is 12.7. The van der Waals surface area contributed by atoms with Crippen LogP contribution < -0.4 is 15.5 Å². The van der Waals surface area contributed by atoms with Gasteiger partial charge in [-0.15, -0.1) is 12.4 Å². The Hall–Kier alpha value is -1.92. The van der Waals surface area contributed by atoms with E-state index in [0.29, 0.717) is 0 Å². The molecule has 2 aromatic rings. The summed E-state index contributed by atoms with van der Waals surface area (Å²) in [5.41, 5.74) is 0.951. The predicted molar refractivity (Wildman–Crippen MR) is 86.6 cm³/mol. The molecule has 1 aliphatic rings. The third-order valence-corrected chi connectivity index (χ3v) is 3.16. The summed E-state index contributed by atoms with van der Waals surface area (Å²) in [7, 11) is 0. The van der Waals surface area contributed by atoms with E-state index in [0.717, 1.165) is 49.5 Å². The fourth-order valence-electron chi connectivity index (χ4n) is 2.19. The average molecular weight is 307 g/mol. The zero-order valence-electron chi connectivity index (χ0n) is 11.9. The quantitative estimate of drug-likeness (QED) is 0.901. The van der Waals surface area contributed by atoms with Gasteiger partial charge in [-0.25, -0.2) is 9.97 Å². The molecule has 3 heterocycles. The van der Waals surface area contributed by atoms with E-state index in [-0.39, 0.29) is 12.4 Å². The molecule has 0 aliphatic carbocycles. The van der Waals surface area contributed by atoms with Crippen LogP contribution in [0.4, 0.5) is 17.6 Å². The van der Waals surface area contributed by atoms with Gasteiger partial charge in [0.2, 0.25) is 5.95 Å². The fourth-order valence-corrected chi connectivity index (χ4v) is 2.19. The lowest BCUT2D eigenvalue weighted by atomic mass is 10.3. The van der Waals surface area contributed by atoms with Crippen molar-refractivity contribution in [2.24, 2.45) is 0 Å². The van der Waals surface area contributed by atoms with Crippen LogP contribution in [0.2, 0.25) is 0 Å². The van der Waals surface area contributed by atoms with Crippen LogP contribution in [0.5, 0.6) is 0 Å². The lowest BCUT2D eigenvalue weighted by molar-refractivity contribution is 0.579. The second-order valence-electron chi connectivity index (χ2n) is 4.77. The molecule has 7 heteroatoms. The van der Waals surface area contributed by atoms with Crippen molar-refractivity contribution < 1.29 is 0 Å². The minimum absolute atomic E-state index is 0. The number of pyridine rings is 1. The summed E-state index contributed by atoms with van der Waals surface area (Å²) in [6.45, 7) is 5.80. The third kappa shape index (κ3) is 4.03. The van der Waals surface area contributed by atoms with Crippen molar-refractivity contribution in [3.8, 4) is 0 Å². The monoisotopic (exact) mass is 306 g/mol. The lowest BCUT2D eigenvalue weighted by Gasteiger charge is -2.27. The van der Waals surface area contributed by atoms with Crippen molar-refractivity contribution in [2.75, 3.05) is 36.4 Å². The first-order valence-corrected chi connectivity index (χ1v) is 6.81. The van der Waals surface area contributed by atoms with Gasteiger partial charge < -0.3 is 15.5 Å². The summed E-state index contributed by atoms with van der Waals surface area (Å²) < 4.78 is 0. The van der Waals surface area contributed by atoms with Gasteiger partial charge in [0.1, 0.15) is 11.6 Å². The molecular formula is C14H19ClN6. The van der Waals surface area contributed by atoms with Crippen molar-refractivity contribution >= 4 is 30.0 Å². The van der Waals surface area contributed by atoms with Crippen LogP contribution in [-0.2, 0) is 0 Å². The first-order valence-electron chi connectivity index (χ1n) is 6.81. The van der Waals surface area contributed by atoms with Gasteiger partial charge in [-0.3, -0.25) is 0 Å². The molecule has 0 spiro atoms. The first kappa shape index (κ1) is 15.5. The molecule has 1 aliphatic heterocycles. The Labute approximate surface area is 130 Å². The van der Waals surface area contributed by atoms with Crippen LogP contribution in [0, 0.1) is 6.92 Å². The van der Waals surface area contributed by atoms with E-state index in [1.54, 1.807) is 6.20 Å². The number of aryl methyl sites for hydroxylation is 1. The van der Waals surface area contributed by atoms with E-state index in [4.69, 9.17) is 0 Å². The summed E-state index contributed by atoms with van der Waals surface area (Å²) >= 11 is 0. The molecule has 0 amide bonds. The molecular weight excluding hydrogens is 288 g/mol. The molecule has 2 N–H and O–H groups in total. The number of hydrogen-bond acceptors (Lipinski definition) is 6. The minimum atomic E-state index is 0. The van der Waals surface area contributed by atoms with Gasteiger partial charge in [0.25, 0.3) is 0 Å². The number of aromatic nitrogens is 3. The molecule has 0 radical (unpaired) electrons. The number of halogens is 1. The van der Waals surface area contributed by atoms with Gasteiger partial charge in [-0.1, -0.05) is 6.07 Å². The second kappa shape index (κ2) is 7.19. The average Bonchev–Trinajstić information content (AvgIpc) is 2.49. The van der Waals surface area contributed by atoms with Gasteiger partial charge in [-0.05, 0) is 19.1 Å². The van der Waals surface area contributed by atoms with Crippen molar-refractivity contribution in [3.63, 3.8) is 0 Å². The van der Waals surface area contributed by atoms with Gasteiger partial charge in [0.05, 0.1) is 0 Å². The molecule has 0 atom stereocenters. The SMILES string of the molecule is Cc1cc(Nc2ccccn2)nc(N2CCNCC2)n1.Cl. The topological polar surface area (TPSA) is 66.0 Å². The van der Waals surface area contributed by atoms with Crippen LogP contribution in [0.25, 0.3) is 0 Å². The highest BCUT2D eigenvalue weighted by molar-refractivity contribution is 5.85. The van der Waals surface area contributed by atoms with Crippen molar-refractivity contribution in [1.29, 1.82) is 0 Å². The summed E-state index contributed by atoms with van der Waals surface area (Å²) in [5, 5.41) is 6.55. The molecule has 0 aromatic carbocycles. The van der Waals surface area contributed by atoms with E-state index < -0.39 is 0 Å². The van der Waals surface area contributed by atoms with Crippen LogP contribution in [0.3, 0.4) is 0 Å². The van der Waals surface area contributed by atoms with Crippen LogP contribution >= 0.6 is 12.4 Å². The Morgan fingerprint density at radius 2 is 1.95 bits per heavy atom. The van der Waals surface area contributed by atoms with Gasteiger partial charge in [0, 0.05) is 44.1 Å². The molecule has 6 nitrogen and oxygen atoms in total. The standard InChI is InChI=1S/C14H18N6.ClH/c1-11-10-13(18-12-4-2-3-5-16-12)19-14(17-11)20-8-6-15-7-9-20;/h2-5,10,15H,6-9H2,1H3,(H,16,17,18,19);1H. The Kier molecular flexibility index (Phi) is 5.30. The number of hydrogen-bond donors (Lipinski definition) is 2. The lowest BCUT2D eigenvalue weighted by Crippen LogP contribution is -2.44. The second-order valence-corrected chi connectivity index (χ2v) is 4.77. The minimum Gasteiger partial charge on any atom is -0.338 e. The molecule has 3 rings (SSSR count). The first-order chi connectivity index (χ1) is 9.81. The van der Waals surface area contributed by atoms with Gasteiger partial charge in [0.15, 0.2) is 0 Å². The molecule has 1 fully saturated rings. The van der Waals surface area contributed by atoms with Crippen molar-refractivity contribution in [1.82, 2.24) is 20.3 Å². The van der Waals surface area contributed by atoms with E-state index in [9.17, 15) is 0 Å². The zero-order chi connectivity index (χ0) is 13.8. The number of rotatable bonds is 3. The van der Waals surface area contributed by atoms with E-state index in [1.165, 1.54) is 0 Å². The van der Waals surface area contributed by atoms with Crippen molar-refractivity contribution in [3.05, 3.63) is 36.2 Å². The van der Waals surface area contributed by atoms with Crippen LogP contribution in [0.15, 0.2) is 30.5 Å². The maximum absolute atomic E-state index is 4.59. The maximum atomic E-state index is 4.59. The number of anilines is 3. The molecule has 1 saturated heterocycles. The summed E-state index contributed by atoms with van der Waals surface area (Å²) in [6, 6.07) is 7.69. The molecule has 0 bridgehead atoms. The smallest absolute Gasteiger partial charge is 0.227 e. The number of piperazine rings is 1. The highest BCUT2D eigenvalue weighted by atomic mass is 35.5. The normalized spacial score (nSPS) is 14.4. The van der Waals surface area contributed by atoms with Crippen molar-refractivity contribution in [2.45, 2.75) is 6.92 Å². The van der Waals surface area contributed by atoms with Gasteiger partial charge >= 0.3 is 0 Å². The molecule has 21 heavy (non-hydrogen) atoms. The third-order valence-electron chi connectivity index (χ3n) is 3.16. The predicted octanol–water partition coefficient (Wildman–Crippen LogP) is 1.76. The Bertz CT molecular complexity index is 571. The maximum Gasteiger partial charge on any atom is 0.227 e.